The largest absolute Gasteiger partial charge is 0.299 e. The molecule has 0 heterocycles. The number of hydrogen-bond donors (Lipinski definition) is 0. The zero-order valence-electron chi connectivity index (χ0n) is 6.26. The second-order valence-electron chi connectivity index (χ2n) is 2.89. The van der Waals surface area contributed by atoms with Gasteiger partial charge in [-0.15, -0.1) is 0 Å². The van der Waals surface area contributed by atoms with E-state index in [2.05, 4.69) is 12.1 Å². The lowest BCUT2D eigenvalue weighted by atomic mass is 9.91. The van der Waals surface area contributed by atoms with Crippen molar-refractivity contribution < 1.29 is 4.79 Å². The molecule has 0 saturated heterocycles. The number of rotatable bonds is 0. The molecule has 1 aliphatic rings. The molecule has 0 spiro atoms. The quantitative estimate of drug-likeness (QED) is 0.541. The van der Waals surface area contributed by atoms with Crippen LogP contribution in [0.25, 0.3) is 0 Å². The van der Waals surface area contributed by atoms with E-state index in [0.717, 1.165) is 12.0 Å². The number of hydrogen-bond acceptors (Lipinski definition) is 1. The number of Topliss-reactive ketones (excluding diaryl/α,β-unsaturated/α-hetero) is 1. The minimum absolute atomic E-state index is 0.347. The molecule has 2 rings (SSSR count). The topological polar surface area (TPSA) is 17.1 Å². The van der Waals surface area contributed by atoms with Crippen molar-refractivity contribution in [3.05, 3.63) is 35.4 Å². The Morgan fingerprint density at radius 3 is 3.18 bits per heavy atom. The maximum Gasteiger partial charge on any atom is 0.137 e. The van der Waals surface area contributed by atoms with Crippen LogP contribution in [-0.2, 0) is 17.6 Å². The lowest BCUT2D eigenvalue weighted by Gasteiger charge is -2.12. The summed E-state index contributed by atoms with van der Waals surface area (Å²) in [5.74, 6) is 0.347. The monoisotopic (exact) mass is 145 g/mol. The molecular formula is C10H9O. The molecule has 0 atom stereocenters. The van der Waals surface area contributed by atoms with Crippen LogP contribution in [0.4, 0.5) is 0 Å². The molecule has 1 heteroatoms. The summed E-state index contributed by atoms with van der Waals surface area (Å²) in [7, 11) is 0. The highest BCUT2D eigenvalue weighted by Gasteiger charge is 2.13. The van der Waals surface area contributed by atoms with Gasteiger partial charge in [0.15, 0.2) is 0 Å². The minimum Gasteiger partial charge on any atom is -0.299 e. The van der Waals surface area contributed by atoms with Gasteiger partial charge in [-0.1, -0.05) is 18.2 Å². The molecule has 1 aromatic rings. The van der Waals surface area contributed by atoms with Gasteiger partial charge in [0.1, 0.15) is 5.78 Å². The van der Waals surface area contributed by atoms with E-state index in [1.165, 1.54) is 5.56 Å². The number of benzene rings is 1. The van der Waals surface area contributed by atoms with Gasteiger partial charge in [0.05, 0.1) is 0 Å². The molecule has 0 amide bonds. The lowest BCUT2D eigenvalue weighted by Crippen LogP contribution is -2.12. The van der Waals surface area contributed by atoms with Gasteiger partial charge < -0.3 is 0 Å². The third-order valence-corrected chi connectivity index (χ3v) is 2.09. The Hall–Kier alpha value is -1.11. The van der Waals surface area contributed by atoms with Crippen LogP contribution >= 0.6 is 0 Å². The molecule has 1 aromatic carbocycles. The number of carbonyl (C=O) groups is 1. The summed E-state index contributed by atoms with van der Waals surface area (Å²) in [6, 6.07) is 9.03. The van der Waals surface area contributed by atoms with Crippen LogP contribution in [0, 0.1) is 6.07 Å². The van der Waals surface area contributed by atoms with Crippen LogP contribution in [0.5, 0.6) is 0 Å². The highest BCUT2D eigenvalue weighted by molar-refractivity contribution is 5.83. The Morgan fingerprint density at radius 2 is 2.27 bits per heavy atom. The molecule has 1 nitrogen and oxygen atoms in total. The fourth-order valence-electron chi connectivity index (χ4n) is 1.46. The van der Waals surface area contributed by atoms with Crippen molar-refractivity contribution in [2.75, 3.05) is 0 Å². The van der Waals surface area contributed by atoms with Gasteiger partial charge in [-0.3, -0.25) is 4.79 Å². The first-order chi connectivity index (χ1) is 5.36. The number of aryl methyl sites for hydroxylation is 1. The molecule has 1 radical (unpaired) electrons. The molecule has 11 heavy (non-hydrogen) atoms. The summed E-state index contributed by atoms with van der Waals surface area (Å²) >= 11 is 0. The summed E-state index contributed by atoms with van der Waals surface area (Å²) in [5, 5.41) is 0. The summed E-state index contributed by atoms with van der Waals surface area (Å²) in [6.07, 6.45) is 2.21. The maximum absolute atomic E-state index is 11.0. The summed E-state index contributed by atoms with van der Waals surface area (Å²) < 4.78 is 0. The molecule has 0 saturated carbocycles. The van der Waals surface area contributed by atoms with Crippen LogP contribution in [0.2, 0.25) is 0 Å². The van der Waals surface area contributed by atoms with Gasteiger partial charge in [-0.2, -0.15) is 0 Å². The zero-order valence-corrected chi connectivity index (χ0v) is 6.26. The Balaban J connectivity index is 2.41. The summed E-state index contributed by atoms with van der Waals surface area (Å²) in [5.41, 5.74) is 2.40. The summed E-state index contributed by atoms with van der Waals surface area (Å²) in [4.78, 5) is 11.0. The van der Waals surface area contributed by atoms with Gasteiger partial charge in [-0.25, -0.2) is 0 Å². The van der Waals surface area contributed by atoms with Crippen LogP contribution < -0.4 is 0 Å². The molecule has 0 unspecified atom stereocenters. The van der Waals surface area contributed by atoms with E-state index in [1.54, 1.807) is 0 Å². The fraction of sp³-hybridized carbons (Fsp3) is 0.300. The third-order valence-electron chi connectivity index (χ3n) is 2.09. The minimum atomic E-state index is 0.347. The first-order valence-corrected chi connectivity index (χ1v) is 3.86. The molecular weight excluding hydrogens is 136 g/mol. The number of ketones is 1. The first kappa shape index (κ1) is 6.59. The summed E-state index contributed by atoms with van der Waals surface area (Å²) in [6.45, 7) is 0. The van der Waals surface area contributed by atoms with E-state index < -0.39 is 0 Å². The van der Waals surface area contributed by atoms with E-state index in [4.69, 9.17) is 0 Å². The van der Waals surface area contributed by atoms with Crippen LogP contribution in [0.3, 0.4) is 0 Å². The van der Waals surface area contributed by atoms with Crippen molar-refractivity contribution in [2.24, 2.45) is 0 Å². The van der Waals surface area contributed by atoms with Crippen molar-refractivity contribution in [3.8, 4) is 0 Å². The lowest BCUT2D eigenvalue weighted by molar-refractivity contribution is -0.118. The van der Waals surface area contributed by atoms with Crippen LogP contribution in [0.15, 0.2) is 18.2 Å². The molecule has 55 valence electrons. The first-order valence-electron chi connectivity index (χ1n) is 3.86. The molecule has 0 N–H and O–H groups in total. The van der Waals surface area contributed by atoms with Gasteiger partial charge in [0.25, 0.3) is 0 Å². The highest BCUT2D eigenvalue weighted by Crippen LogP contribution is 2.17. The van der Waals surface area contributed by atoms with Gasteiger partial charge in [0, 0.05) is 12.8 Å². The molecule has 0 fully saturated rings. The predicted molar refractivity (Wildman–Crippen MR) is 42.3 cm³/mol. The third kappa shape index (κ3) is 1.18. The normalized spacial score (nSPS) is 16.2. The van der Waals surface area contributed by atoms with Crippen molar-refractivity contribution in [3.63, 3.8) is 0 Å². The second kappa shape index (κ2) is 2.50. The Morgan fingerprint density at radius 1 is 1.36 bits per heavy atom. The van der Waals surface area contributed by atoms with E-state index in [1.807, 2.05) is 12.1 Å². The van der Waals surface area contributed by atoms with E-state index >= 15 is 0 Å². The molecule has 0 bridgehead atoms. The molecule has 0 aromatic heterocycles. The van der Waals surface area contributed by atoms with Gasteiger partial charge >= 0.3 is 0 Å². The molecule has 0 aliphatic heterocycles. The van der Waals surface area contributed by atoms with E-state index in [-0.39, 0.29) is 0 Å². The second-order valence-corrected chi connectivity index (χ2v) is 2.89. The van der Waals surface area contributed by atoms with Crippen molar-refractivity contribution in [1.82, 2.24) is 0 Å². The highest BCUT2D eigenvalue weighted by atomic mass is 16.1. The Kier molecular flexibility index (Phi) is 1.50. The van der Waals surface area contributed by atoms with Crippen molar-refractivity contribution in [1.29, 1.82) is 0 Å². The Bertz CT molecular complexity index is 289. The van der Waals surface area contributed by atoms with Crippen molar-refractivity contribution >= 4 is 5.78 Å². The average Bonchev–Trinajstić information content (AvgIpc) is 2.04. The van der Waals surface area contributed by atoms with Crippen LogP contribution in [0.1, 0.15) is 17.5 Å². The van der Waals surface area contributed by atoms with Crippen LogP contribution in [-0.4, -0.2) is 5.78 Å². The Labute approximate surface area is 66.0 Å². The standard InChI is InChI=1S/C10H9O/c11-10-6-5-8-3-1-2-4-9(8)7-10/h1-3H,5-7H2. The zero-order chi connectivity index (χ0) is 7.68. The van der Waals surface area contributed by atoms with Crippen molar-refractivity contribution in [2.45, 2.75) is 19.3 Å². The smallest absolute Gasteiger partial charge is 0.137 e. The number of fused-ring (bicyclic) bond motifs is 1. The fourth-order valence-corrected chi connectivity index (χ4v) is 1.46. The van der Waals surface area contributed by atoms with E-state index in [0.29, 0.717) is 18.6 Å². The van der Waals surface area contributed by atoms with Gasteiger partial charge in [-0.05, 0) is 23.6 Å². The van der Waals surface area contributed by atoms with E-state index in [9.17, 15) is 4.79 Å². The SMILES string of the molecule is O=C1CCc2ccc[c]c2C1. The average molecular weight is 145 g/mol. The predicted octanol–water partition coefficient (Wildman–Crippen LogP) is 1.54. The molecule has 1 aliphatic carbocycles. The van der Waals surface area contributed by atoms with Gasteiger partial charge in [0.2, 0.25) is 0 Å². The maximum atomic E-state index is 11.0. The number of carbonyl (C=O) groups excluding carboxylic acids is 1.